The van der Waals surface area contributed by atoms with Gasteiger partial charge in [0.15, 0.2) is 0 Å². The van der Waals surface area contributed by atoms with E-state index >= 15 is 0 Å². The van der Waals surface area contributed by atoms with Crippen LogP contribution in [0.4, 0.5) is 0 Å². The van der Waals surface area contributed by atoms with Gasteiger partial charge in [-0.15, -0.1) is 0 Å². The Bertz CT molecular complexity index is 626. The molecule has 0 aliphatic carbocycles. The second-order valence-corrected chi connectivity index (χ2v) is 8.10. The van der Waals surface area contributed by atoms with E-state index in [1.165, 1.54) is 25.7 Å². The van der Waals surface area contributed by atoms with E-state index in [-0.39, 0.29) is 0 Å². The molecule has 142 valence electrons. The van der Waals surface area contributed by atoms with Crippen molar-refractivity contribution in [2.75, 3.05) is 13.2 Å². The molecule has 0 fully saturated rings. The van der Waals surface area contributed by atoms with Crippen molar-refractivity contribution in [2.45, 2.75) is 52.4 Å². The monoisotopic (exact) mass is 482 g/mol. The van der Waals surface area contributed by atoms with Gasteiger partial charge in [0, 0.05) is 8.95 Å². The molecule has 0 N–H and O–H groups in total. The zero-order valence-corrected chi connectivity index (χ0v) is 18.9. The number of rotatable bonds is 11. The van der Waals surface area contributed by atoms with Crippen LogP contribution in [0.15, 0.2) is 45.3 Å². The maximum atomic E-state index is 5.83. The summed E-state index contributed by atoms with van der Waals surface area (Å²) in [7, 11) is 0. The standard InChI is InChI=1S/C22H28Br2O2/c1-3-5-7-13-25-17-9-11-19(21(23)15-17)20-12-10-18(16-22(20)24)26-14-8-6-4-2/h9-12,15-16H,3-8,13-14H2,1-2H3. The van der Waals surface area contributed by atoms with Crippen molar-refractivity contribution >= 4 is 31.9 Å². The topological polar surface area (TPSA) is 18.5 Å². The minimum atomic E-state index is 0.771. The van der Waals surface area contributed by atoms with Gasteiger partial charge in [0.2, 0.25) is 0 Å². The lowest BCUT2D eigenvalue weighted by Gasteiger charge is -2.12. The highest BCUT2D eigenvalue weighted by molar-refractivity contribution is 9.11. The van der Waals surface area contributed by atoms with E-state index in [0.29, 0.717) is 0 Å². The number of ether oxygens (including phenoxy) is 2. The van der Waals surface area contributed by atoms with Gasteiger partial charge < -0.3 is 9.47 Å². The Kier molecular flexibility index (Phi) is 9.55. The molecule has 26 heavy (non-hydrogen) atoms. The van der Waals surface area contributed by atoms with E-state index in [4.69, 9.17) is 9.47 Å². The van der Waals surface area contributed by atoms with E-state index in [2.05, 4.69) is 57.8 Å². The van der Waals surface area contributed by atoms with Gasteiger partial charge in [-0.2, -0.15) is 0 Å². The smallest absolute Gasteiger partial charge is 0.120 e. The number of halogens is 2. The Hall–Kier alpha value is -1.00. The highest BCUT2D eigenvalue weighted by Gasteiger charge is 2.10. The van der Waals surface area contributed by atoms with Crippen LogP contribution in [0.1, 0.15) is 52.4 Å². The molecule has 0 amide bonds. The van der Waals surface area contributed by atoms with Gasteiger partial charge in [0.25, 0.3) is 0 Å². The molecule has 0 atom stereocenters. The molecule has 0 radical (unpaired) electrons. The van der Waals surface area contributed by atoms with Crippen LogP contribution in [0, 0.1) is 0 Å². The van der Waals surface area contributed by atoms with Gasteiger partial charge in [0.1, 0.15) is 11.5 Å². The molecule has 4 heteroatoms. The minimum absolute atomic E-state index is 0.771. The number of hydrogen-bond acceptors (Lipinski definition) is 2. The first-order valence-electron chi connectivity index (χ1n) is 9.50. The van der Waals surface area contributed by atoms with E-state index in [1.807, 2.05) is 24.3 Å². The molecular formula is C22H28Br2O2. The molecule has 0 saturated heterocycles. The summed E-state index contributed by atoms with van der Waals surface area (Å²) in [5, 5.41) is 0. The van der Waals surface area contributed by atoms with Crippen molar-refractivity contribution in [3.63, 3.8) is 0 Å². The molecule has 0 unspecified atom stereocenters. The number of hydrogen-bond donors (Lipinski definition) is 0. The summed E-state index contributed by atoms with van der Waals surface area (Å²) >= 11 is 7.37. The van der Waals surface area contributed by atoms with Gasteiger partial charge in [0.05, 0.1) is 13.2 Å². The average molecular weight is 484 g/mol. The van der Waals surface area contributed by atoms with E-state index in [1.54, 1.807) is 0 Å². The van der Waals surface area contributed by atoms with Crippen molar-refractivity contribution in [1.82, 2.24) is 0 Å². The summed E-state index contributed by atoms with van der Waals surface area (Å²) in [5.74, 6) is 1.81. The first-order valence-corrected chi connectivity index (χ1v) is 11.1. The van der Waals surface area contributed by atoms with Crippen LogP contribution in [-0.4, -0.2) is 13.2 Å². The highest BCUT2D eigenvalue weighted by atomic mass is 79.9. The second-order valence-electron chi connectivity index (χ2n) is 6.39. The quantitative estimate of drug-likeness (QED) is 0.301. The molecule has 2 aromatic rings. The van der Waals surface area contributed by atoms with E-state index in [9.17, 15) is 0 Å². The molecule has 2 aromatic carbocycles. The zero-order valence-electron chi connectivity index (χ0n) is 15.7. The average Bonchev–Trinajstić information content (AvgIpc) is 2.63. The van der Waals surface area contributed by atoms with Gasteiger partial charge in [-0.05, 0) is 60.4 Å². The van der Waals surface area contributed by atoms with Crippen LogP contribution in [0.25, 0.3) is 11.1 Å². The summed E-state index contributed by atoms with van der Waals surface area (Å²) in [6, 6.07) is 12.4. The van der Waals surface area contributed by atoms with Crippen LogP contribution < -0.4 is 9.47 Å². The van der Waals surface area contributed by atoms with Gasteiger partial charge in [-0.1, -0.05) is 71.4 Å². The van der Waals surface area contributed by atoms with Crippen molar-refractivity contribution in [3.8, 4) is 22.6 Å². The number of benzene rings is 2. The fourth-order valence-electron chi connectivity index (χ4n) is 2.69. The van der Waals surface area contributed by atoms with Crippen molar-refractivity contribution < 1.29 is 9.47 Å². The molecule has 0 spiro atoms. The molecular weight excluding hydrogens is 456 g/mol. The van der Waals surface area contributed by atoms with Crippen LogP contribution in [0.2, 0.25) is 0 Å². The van der Waals surface area contributed by atoms with E-state index < -0.39 is 0 Å². The number of unbranched alkanes of at least 4 members (excludes halogenated alkanes) is 4. The summed E-state index contributed by atoms with van der Waals surface area (Å²) in [6.45, 7) is 5.94. The highest BCUT2D eigenvalue weighted by Crippen LogP contribution is 2.37. The first kappa shape index (κ1) is 21.3. The largest absolute Gasteiger partial charge is 0.494 e. The van der Waals surface area contributed by atoms with Crippen LogP contribution >= 0.6 is 31.9 Å². The third-order valence-electron chi connectivity index (χ3n) is 4.20. The molecule has 0 bridgehead atoms. The van der Waals surface area contributed by atoms with Gasteiger partial charge in [-0.3, -0.25) is 0 Å². The fraction of sp³-hybridized carbons (Fsp3) is 0.455. The van der Waals surface area contributed by atoms with Crippen molar-refractivity contribution in [2.24, 2.45) is 0 Å². The Morgan fingerprint density at radius 3 is 1.42 bits per heavy atom. The summed E-state index contributed by atoms with van der Waals surface area (Å²) in [4.78, 5) is 0. The SMILES string of the molecule is CCCCCOc1ccc(-c2ccc(OCCCCC)cc2Br)c(Br)c1. The Morgan fingerprint density at radius 1 is 0.654 bits per heavy atom. The molecule has 0 aromatic heterocycles. The minimum Gasteiger partial charge on any atom is -0.494 e. The van der Waals surface area contributed by atoms with Crippen molar-refractivity contribution in [1.29, 1.82) is 0 Å². The Morgan fingerprint density at radius 2 is 1.08 bits per heavy atom. The predicted octanol–water partition coefficient (Wildman–Crippen LogP) is 8.02. The lowest BCUT2D eigenvalue weighted by Crippen LogP contribution is -1.98. The van der Waals surface area contributed by atoms with Crippen LogP contribution in [0.5, 0.6) is 11.5 Å². The summed E-state index contributed by atoms with van der Waals surface area (Å²) in [6.07, 6.45) is 7.02. The summed E-state index contributed by atoms with van der Waals surface area (Å²) in [5.41, 5.74) is 2.27. The second kappa shape index (κ2) is 11.7. The maximum Gasteiger partial charge on any atom is 0.120 e. The third-order valence-corrected chi connectivity index (χ3v) is 5.52. The van der Waals surface area contributed by atoms with Crippen LogP contribution in [0.3, 0.4) is 0 Å². The Balaban J connectivity index is 2.03. The fourth-order valence-corrected chi connectivity index (χ4v) is 3.84. The van der Waals surface area contributed by atoms with Crippen LogP contribution in [-0.2, 0) is 0 Å². The van der Waals surface area contributed by atoms with E-state index in [0.717, 1.165) is 57.6 Å². The predicted molar refractivity (Wildman–Crippen MR) is 117 cm³/mol. The zero-order chi connectivity index (χ0) is 18.8. The lowest BCUT2D eigenvalue weighted by molar-refractivity contribution is 0.306. The normalized spacial score (nSPS) is 10.8. The Labute approximate surface area is 174 Å². The molecule has 2 nitrogen and oxygen atoms in total. The molecule has 0 saturated carbocycles. The molecule has 0 aliphatic rings. The molecule has 0 heterocycles. The lowest BCUT2D eigenvalue weighted by atomic mass is 10.1. The van der Waals surface area contributed by atoms with Crippen molar-refractivity contribution in [3.05, 3.63) is 45.3 Å². The molecule has 2 rings (SSSR count). The maximum absolute atomic E-state index is 5.83. The van der Waals surface area contributed by atoms with Gasteiger partial charge in [-0.25, -0.2) is 0 Å². The first-order chi connectivity index (χ1) is 12.7. The third kappa shape index (κ3) is 6.62. The summed E-state index contributed by atoms with van der Waals surface area (Å²) < 4.78 is 13.7. The van der Waals surface area contributed by atoms with Gasteiger partial charge >= 0.3 is 0 Å². The molecule has 0 aliphatic heterocycles.